The Morgan fingerprint density at radius 2 is 1.88 bits per heavy atom. The highest BCUT2D eigenvalue weighted by Gasteiger charge is 2.07. The Labute approximate surface area is 103 Å². The smallest absolute Gasteiger partial charge is 0.133 e. The van der Waals surface area contributed by atoms with E-state index in [2.05, 4.69) is 37.2 Å². The van der Waals surface area contributed by atoms with Gasteiger partial charge in [0, 0.05) is 11.1 Å². The van der Waals surface area contributed by atoms with Crippen molar-refractivity contribution in [3.05, 3.63) is 48.2 Å². The molecule has 2 heteroatoms. The van der Waals surface area contributed by atoms with Crippen molar-refractivity contribution in [2.24, 2.45) is 0 Å². The molecule has 0 radical (unpaired) electrons. The van der Waals surface area contributed by atoms with Crippen LogP contribution in [0.2, 0.25) is 19.6 Å². The van der Waals surface area contributed by atoms with Gasteiger partial charge in [0.25, 0.3) is 0 Å². The number of hydrogen-bond acceptors (Lipinski definition) is 1. The minimum atomic E-state index is -1.31. The zero-order chi connectivity index (χ0) is 12.3. The molecule has 0 atom stereocenters. The Hall–Kier alpha value is -1.72. The maximum atomic E-state index is 5.38. The van der Waals surface area contributed by atoms with Crippen molar-refractivity contribution in [1.82, 2.24) is 0 Å². The lowest BCUT2D eigenvalue weighted by Crippen LogP contribution is -2.16. The van der Waals surface area contributed by atoms with Gasteiger partial charge in [0.2, 0.25) is 0 Å². The summed E-state index contributed by atoms with van der Waals surface area (Å²) in [6.07, 6.45) is 1.69. The molecule has 1 aromatic heterocycles. The van der Waals surface area contributed by atoms with Crippen LogP contribution in [0.4, 0.5) is 0 Å². The van der Waals surface area contributed by atoms with E-state index >= 15 is 0 Å². The molecular weight excluding hydrogens is 224 g/mol. The van der Waals surface area contributed by atoms with E-state index in [4.69, 9.17) is 4.42 Å². The van der Waals surface area contributed by atoms with E-state index < -0.39 is 8.07 Å². The van der Waals surface area contributed by atoms with Gasteiger partial charge in [0.15, 0.2) is 0 Å². The normalized spacial score (nSPS) is 10.8. The molecule has 1 aromatic carbocycles. The molecular formula is C15H16OSi. The van der Waals surface area contributed by atoms with Crippen LogP contribution in [-0.4, -0.2) is 8.07 Å². The topological polar surface area (TPSA) is 13.1 Å². The molecule has 2 rings (SSSR count). The quantitative estimate of drug-likeness (QED) is 0.538. The van der Waals surface area contributed by atoms with Gasteiger partial charge in [-0.15, -0.1) is 5.54 Å². The molecule has 17 heavy (non-hydrogen) atoms. The summed E-state index contributed by atoms with van der Waals surface area (Å²) in [5, 5.41) is 0. The first-order chi connectivity index (χ1) is 8.04. The number of benzene rings is 1. The zero-order valence-corrected chi connectivity index (χ0v) is 11.4. The van der Waals surface area contributed by atoms with Crippen LogP contribution in [0.5, 0.6) is 0 Å². The fourth-order valence-corrected chi connectivity index (χ4v) is 1.97. The maximum absolute atomic E-state index is 5.38. The van der Waals surface area contributed by atoms with E-state index in [9.17, 15) is 0 Å². The van der Waals surface area contributed by atoms with E-state index in [-0.39, 0.29) is 0 Å². The highest BCUT2D eigenvalue weighted by atomic mass is 28.3. The number of hydrogen-bond donors (Lipinski definition) is 0. The molecule has 0 saturated heterocycles. The van der Waals surface area contributed by atoms with Crippen LogP contribution in [-0.2, 0) is 0 Å². The van der Waals surface area contributed by atoms with Gasteiger partial charge in [0.05, 0.1) is 6.26 Å². The molecule has 0 amide bonds. The van der Waals surface area contributed by atoms with Gasteiger partial charge in [-0.3, -0.25) is 0 Å². The first kappa shape index (κ1) is 11.8. The minimum absolute atomic E-state index is 0.890. The van der Waals surface area contributed by atoms with E-state index in [0.717, 1.165) is 16.9 Å². The summed E-state index contributed by atoms with van der Waals surface area (Å²) >= 11 is 0. The van der Waals surface area contributed by atoms with Gasteiger partial charge in [-0.25, -0.2) is 0 Å². The Balaban J connectivity index is 2.32. The summed E-state index contributed by atoms with van der Waals surface area (Å²) in [5.74, 6) is 4.15. The lowest BCUT2D eigenvalue weighted by molar-refractivity contribution is 0.582. The summed E-state index contributed by atoms with van der Waals surface area (Å²) in [6.45, 7) is 6.74. The Bertz CT molecular complexity index is 551. The van der Waals surface area contributed by atoms with E-state index in [1.165, 1.54) is 0 Å². The molecule has 1 heterocycles. The summed E-state index contributed by atoms with van der Waals surface area (Å²) in [6, 6.07) is 12.0. The second kappa shape index (κ2) is 4.64. The van der Waals surface area contributed by atoms with Crippen LogP contribution in [0.3, 0.4) is 0 Å². The van der Waals surface area contributed by atoms with Crippen molar-refractivity contribution < 1.29 is 4.42 Å². The number of rotatable bonds is 1. The standard InChI is InChI=1S/C15H16OSi/c1-17(2,3)11-9-13-6-4-7-14(12-13)15-8-5-10-16-15/h4-8,10,12H,1-3H3. The highest BCUT2D eigenvalue weighted by molar-refractivity contribution is 6.83. The average molecular weight is 240 g/mol. The first-order valence-corrected chi connectivity index (χ1v) is 9.22. The third-order valence-electron chi connectivity index (χ3n) is 2.25. The molecule has 0 spiro atoms. The number of furan rings is 1. The lowest BCUT2D eigenvalue weighted by atomic mass is 10.1. The molecule has 0 fully saturated rings. The first-order valence-electron chi connectivity index (χ1n) is 5.72. The highest BCUT2D eigenvalue weighted by Crippen LogP contribution is 2.20. The van der Waals surface area contributed by atoms with Crippen LogP contribution in [0.1, 0.15) is 5.56 Å². The summed E-state index contributed by atoms with van der Waals surface area (Å²) in [5.41, 5.74) is 5.51. The molecule has 0 bridgehead atoms. The Morgan fingerprint density at radius 3 is 2.53 bits per heavy atom. The third-order valence-corrected chi connectivity index (χ3v) is 3.13. The second-order valence-electron chi connectivity index (χ2n) is 5.06. The predicted molar refractivity (Wildman–Crippen MR) is 74.4 cm³/mol. The van der Waals surface area contributed by atoms with Gasteiger partial charge in [-0.1, -0.05) is 37.7 Å². The molecule has 1 nitrogen and oxygen atoms in total. The van der Waals surface area contributed by atoms with Gasteiger partial charge in [-0.05, 0) is 24.3 Å². The Morgan fingerprint density at radius 1 is 1.06 bits per heavy atom. The summed E-state index contributed by atoms with van der Waals surface area (Å²) in [4.78, 5) is 0. The summed E-state index contributed by atoms with van der Waals surface area (Å²) in [7, 11) is -1.31. The van der Waals surface area contributed by atoms with Gasteiger partial charge >= 0.3 is 0 Å². The fraction of sp³-hybridized carbons (Fsp3) is 0.200. The monoisotopic (exact) mass is 240 g/mol. The van der Waals surface area contributed by atoms with Crippen LogP contribution in [0.15, 0.2) is 47.1 Å². The zero-order valence-electron chi connectivity index (χ0n) is 10.4. The van der Waals surface area contributed by atoms with Crippen LogP contribution < -0.4 is 0 Å². The third kappa shape index (κ3) is 3.37. The molecule has 0 N–H and O–H groups in total. The maximum Gasteiger partial charge on any atom is 0.133 e. The van der Waals surface area contributed by atoms with Gasteiger partial charge in [-0.2, -0.15) is 0 Å². The Kier molecular flexibility index (Phi) is 3.21. The van der Waals surface area contributed by atoms with Gasteiger partial charge < -0.3 is 4.42 Å². The van der Waals surface area contributed by atoms with Crippen LogP contribution in [0, 0.1) is 11.5 Å². The van der Waals surface area contributed by atoms with Crippen LogP contribution in [0.25, 0.3) is 11.3 Å². The molecule has 86 valence electrons. The molecule has 0 aliphatic carbocycles. The SMILES string of the molecule is C[Si](C)(C)C#Cc1cccc(-c2ccco2)c1. The summed E-state index contributed by atoms with van der Waals surface area (Å²) < 4.78 is 5.38. The van der Waals surface area contributed by atoms with Gasteiger partial charge in [0.1, 0.15) is 13.8 Å². The molecule has 0 saturated carbocycles. The fourth-order valence-electron chi connectivity index (χ4n) is 1.45. The van der Waals surface area contributed by atoms with Crippen molar-refractivity contribution in [3.8, 4) is 22.8 Å². The molecule has 2 aromatic rings. The predicted octanol–water partition coefficient (Wildman–Crippen LogP) is 4.18. The van der Waals surface area contributed by atoms with Crippen molar-refractivity contribution in [3.63, 3.8) is 0 Å². The van der Waals surface area contributed by atoms with Crippen molar-refractivity contribution in [2.45, 2.75) is 19.6 Å². The van der Waals surface area contributed by atoms with E-state index in [0.29, 0.717) is 0 Å². The van der Waals surface area contributed by atoms with Crippen molar-refractivity contribution in [1.29, 1.82) is 0 Å². The van der Waals surface area contributed by atoms with Crippen molar-refractivity contribution in [2.75, 3.05) is 0 Å². The van der Waals surface area contributed by atoms with E-state index in [1.54, 1.807) is 6.26 Å². The largest absolute Gasteiger partial charge is 0.464 e. The molecule has 0 aliphatic rings. The molecule has 0 unspecified atom stereocenters. The average Bonchev–Trinajstić information content (AvgIpc) is 2.79. The van der Waals surface area contributed by atoms with Crippen molar-refractivity contribution >= 4 is 8.07 Å². The molecule has 0 aliphatic heterocycles. The minimum Gasteiger partial charge on any atom is -0.464 e. The second-order valence-corrected chi connectivity index (χ2v) is 9.81. The van der Waals surface area contributed by atoms with E-state index in [1.807, 2.05) is 30.3 Å². The lowest BCUT2D eigenvalue weighted by Gasteiger charge is -2.03. The van der Waals surface area contributed by atoms with Crippen LogP contribution >= 0.6 is 0 Å².